The number of rotatable bonds is 2. The van der Waals surface area contributed by atoms with Crippen molar-refractivity contribution in [1.82, 2.24) is 0 Å². The summed E-state index contributed by atoms with van der Waals surface area (Å²) < 4.78 is 2.01. The van der Waals surface area contributed by atoms with Gasteiger partial charge in [0.2, 0.25) is 0 Å². The Morgan fingerprint density at radius 3 is 1.93 bits per heavy atom. The Labute approximate surface area is 137 Å². The number of benzene rings is 1. The summed E-state index contributed by atoms with van der Waals surface area (Å²) >= 11 is 16.8. The third-order valence-corrected chi connectivity index (χ3v) is 6.08. The standard InChI is InChI=1S/C8HCl2I3O2/c9-7(14)2-1-3(11)6(13)4(5(2)12)8(10)15/h1H. The van der Waals surface area contributed by atoms with Gasteiger partial charge in [-0.15, -0.1) is 0 Å². The van der Waals surface area contributed by atoms with Gasteiger partial charge >= 0.3 is 0 Å². The highest BCUT2D eigenvalue weighted by Crippen LogP contribution is 2.29. The number of hydrogen-bond acceptors (Lipinski definition) is 2. The molecule has 0 atom stereocenters. The molecule has 80 valence electrons. The number of carbonyl (C=O) groups is 2. The van der Waals surface area contributed by atoms with Crippen LogP contribution in [0.15, 0.2) is 6.07 Å². The van der Waals surface area contributed by atoms with Crippen molar-refractivity contribution in [3.63, 3.8) is 0 Å². The van der Waals surface area contributed by atoms with Crippen LogP contribution >= 0.6 is 91.0 Å². The van der Waals surface area contributed by atoms with Crippen molar-refractivity contribution >= 4 is 101 Å². The third kappa shape index (κ3) is 3.17. The molecular weight excluding hydrogens is 580 g/mol. The second-order valence-electron chi connectivity index (χ2n) is 2.46. The first-order valence-corrected chi connectivity index (χ1v) is 7.42. The van der Waals surface area contributed by atoms with E-state index in [1.165, 1.54) is 0 Å². The van der Waals surface area contributed by atoms with Crippen molar-refractivity contribution in [3.8, 4) is 0 Å². The average molecular weight is 581 g/mol. The molecule has 0 amide bonds. The SMILES string of the molecule is O=C(Cl)c1cc(I)c(I)c(C(=O)Cl)c1I. The molecule has 1 aromatic carbocycles. The molecule has 0 N–H and O–H groups in total. The van der Waals surface area contributed by atoms with Crippen LogP contribution in [0, 0.1) is 10.7 Å². The molecule has 0 saturated heterocycles. The lowest BCUT2D eigenvalue weighted by atomic mass is 10.1. The van der Waals surface area contributed by atoms with Crippen LogP contribution in [0.3, 0.4) is 0 Å². The van der Waals surface area contributed by atoms with E-state index in [-0.39, 0.29) is 0 Å². The molecule has 1 aromatic rings. The smallest absolute Gasteiger partial charge is 0.254 e. The van der Waals surface area contributed by atoms with Crippen molar-refractivity contribution in [2.45, 2.75) is 0 Å². The van der Waals surface area contributed by atoms with Gasteiger partial charge < -0.3 is 0 Å². The summed E-state index contributed by atoms with van der Waals surface area (Å²) in [6.45, 7) is 0. The monoisotopic (exact) mass is 580 g/mol. The molecule has 0 aromatic heterocycles. The molecule has 0 heterocycles. The maximum atomic E-state index is 11.2. The Balaban J connectivity index is 3.63. The normalized spacial score (nSPS) is 10.2. The van der Waals surface area contributed by atoms with Crippen molar-refractivity contribution in [2.75, 3.05) is 0 Å². The quantitative estimate of drug-likeness (QED) is 0.298. The predicted octanol–water partition coefficient (Wildman–Crippen LogP) is 4.26. The summed E-state index contributed by atoms with van der Waals surface area (Å²) in [5, 5.41) is -1.17. The fourth-order valence-electron chi connectivity index (χ4n) is 0.919. The maximum Gasteiger partial charge on any atom is 0.254 e. The van der Waals surface area contributed by atoms with Gasteiger partial charge in [-0.1, -0.05) is 0 Å². The van der Waals surface area contributed by atoms with Gasteiger partial charge in [0.15, 0.2) is 0 Å². The number of hydrogen-bond donors (Lipinski definition) is 0. The summed E-state index contributed by atoms with van der Waals surface area (Å²) in [5.41, 5.74) is 0.653. The van der Waals surface area contributed by atoms with E-state index in [0.29, 0.717) is 14.7 Å². The van der Waals surface area contributed by atoms with E-state index in [4.69, 9.17) is 23.2 Å². The lowest BCUT2D eigenvalue weighted by Gasteiger charge is -2.08. The fraction of sp³-hybridized carbons (Fsp3) is 0. The Kier molecular flexibility index (Phi) is 5.55. The van der Waals surface area contributed by atoms with Crippen molar-refractivity contribution in [1.29, 1.82) is 0 Å². The Hall–Kier alpha value is 1.33. The van der Waals surface area contributed by atoms with Gasteiger partial charge in [-0.2, -0.15) is 0 Å². The van der Waals surface area contributed by atoms with E-state index in [2.05, 4.69) is 0 Å². The van der Waals surface area contributed by atoms with Crippen molar-refractivity contribution in [2.24, 2.45) is 0 Å². The molecule has 0 saturated carbocycles. The zero-order chi connectivity index (χ0) is 11.7. The van der Waals surface area contributed by atoms with Crippen LogP contribution < -0.4 is 0 Å². The molecular formula is C8HCl2I3O2. The summed E-state index contributed by atoms with van der Waals surface area (Å²) in [7, 11) is 0. The maximum absolute atomic E-state index is 11.2. The first-order chi connectivity index (χ1) is 6.86. The van der Waals surface area contributed by atoms with Crippen molar-refractivity contribution < 1.29 is 9.59 Å². The highest BCUT2D eigenvalue weighted by Gasteiger charge is 2.20. The number of carbonyl (C=O) groups excluding carboxylic acids is 2. The van der Waals surface area contributed by atoms with Crippen molar-refractivity contribution in [3.05, 3.63) is 27.9 Å². The Bertz CT molecular complexity index is 460. The van der Waals surface area contributed by atoms with Crippen LogP contribution in [-0.2, 0) is 0 Å². The summed E-state index contributed by atoms with van der Waals surface area (Å²) in [6.07, 6.45) is 0. The zero-order valence-corrected chi connectivity index (χ0v) is 14.8. The Morgan fingerprint density at radius 2 is 1.53 bits per heavy atom. The molecule has 15 heavy (non-hydrogen) atoms. The molecule has 0 bridgehead atoms. The van der Waals surface area contributed by atoms with E-state index in [1.807, 2.05) is 67.8 Å². The highest BCUT2D eigenvalue weighted by molar-refractivity contribution is 14.1. The summed E-state index contributed by atoms with van der Waals surface area (Å²) in [6, 6.07) is 1.64. The van der Waals surface area contributed by atoms with E-state index < -0.39 is 10.5 Å². The lowest BCUT2D eigenvalue weighted by molar-refractivity contribution is 0.107. The zero-order valence-electron chi connectivity index (χ0n) is 6.78. The van der Waals surface area contributed by atoms with Gasteiger partial charge in [0, 0.05) is 16.3 Å². The topological polar surface area (TPSA) is 34.1 Å². The molecule has 2 nitrogen and oxygen atoms in total. The van der Waals surface area contributed by atoms with E-state index in [9.17, 15) is 9.59 Å². The average Bonchev–Trinajstić information content (AvgIpc) is 2.10. The van der Waals surface area contributed by atoms with Gasteiger partial charge in [-0.25, -0.2) is 0 Å². The van der Waals surface area contributed by atoms with Gasteiger partial charge in [-0.05, 0) is 97.0 Å². The first kappa shape index (κ1) is 14.4. The van der Waals surface area contributed by atoms with Gasteiger partial charge in [0.25, 0.3) is 10.5 Å². The molecule has 0 aliphatic carbocycles. The minimum atomic E-state index is -0.590. The van der Waals surface area contributed by atoms with Gasteiger partial charge in [-0.3, -0.25) is 9.59 Å². The molecule has 0 radical (unpaired) electrons. The van der Waals surface area contributed by atoms with Crippen LogP contribution in [0.25, 0.3) is 0 Å². The van der Waals surface area contributed by atoms with Crippen LogP contribution in [0.5, 0.6) is 0 Å². The first-order valence-electron chi connectivity index (χ1n) is 3.43. The molecule has 7 heteroatoms. The minimum Gasteiger partial charge on any atom is -0.276 e. The molecule has 1 rings (SSSR count). The van der Waals surface area contributed by atoms with E-state index in [1.54, 1.807) is 6.07 Å². The summed E-state index contributed by atoms with van der Waals surface area (Å²) in [5.74, 6) is 0. The second kappa shape index (κ2) is 5.78. The number of halogens is 5. The summed E-state index contributed by atoms with van der Waals surface area (Å²) in [4.78, 5) is 22.3. The molecule has 0 fully saturated rings. The lowest BCUT2D eigenvalue weighted by Crippen LogP contribution is -2.06. The van der Waals surface area contributed by atoms with Gasteiger partial charge in [0.1, 0.15) is 0 Å². The minimum absolute atomic E-state index is 0.311. The van der Waals surface area contributed by atoms with Gasteiger partial charge in [0.05, 0.1) is 5.56 Å². The predicted molar refractivity (Wildman–Crippen MR) is 85.0 cm³/mol. The van der Waals surface area contributed by atoms with Crippen LogP contribution in [0.1, 0.15) is 20.7 Å². The third-order valence-electron chi connectivity index (χ3n) is 1.56. The van der Waals surface area contributed by atoms with Crippen LogP contribution in [-0.4, -0.2) is 10.5 Å². The largest absolute Gasteiger partial charge is 0.276 e. The van der Waals surface area contributed by atoms with Crippen LogP contribution in [0.2, 0.25) is 0 Å². The highest BCUT2D eigenvalue weighted by atomic mass is 127. The molecule has 0 aliphatic rings. The Morgan fingerprint density at radius 1 is 1.00 bits per heavy atom. The van der Waals surface area contributed by atoms with Crippen LogP contribution in [0.4, 0.5) is 0 Å². The van der Waals surface area contributed by atoms with E-state index >= 15 is 0 Å². The fourth-order valence-corrected chi connectivity index (χ4v) is 4.42. The molecule has 0 spiro atoms. The molecule has 0 unspecified atom stereocenters. The molecule has 0 aliphatic heterocycles. The van der Waals surface area contributed by atoms with E-state index in [0.717, 1.165) is 7.14 Å². The second-order valence-corrected chi connectivity index (χ2v) is 6.46.